The molecule has 8 heteroatoms. The first-order chi connectivity index (χ1) is 13.7. The zero-order chi connectivity index (χ0) is 21.4. The largest absolute Gasteiger partial charge is 0.497 e. The molecule has 2 N–H and O–H groups in total. The van der Waals surface area contributed by atoms with Gasteiger partial charge in [-0.15, -0.1) is 0 Å². The Morgan fingerprint density at radius 3 is 2.38 bits per heavy atom. The number of hydrogen-bond donors (Lipinski definition) is 2. The van der Waals surface area contributed by atoms with Crippen LogP contribution in [-0.4, -0.2) is 34.6 Å². The van der Waals surface area contributed by atoms with Gasteiger partial charge in [-0.1, -0.05) is 26.0 Å². The number of methoxy groups -OCH3 is 1. The van der Waals surface area contributed by atoms with Crippen LogP contribution >= 0.6 is 0 Å². The average Bonchev–Trinajstić information content (AvgIpc) is 2.70. The average molecular weight is 421 g/mol. The normalized spacial score (nSPS) is 11.3. The van der Waals surface area contributed by atoms with Crippen LogP contribution in [0.25, 0.3) is 0 Å². The molecule has 0 unspecified atom stereocenters. The van der Waals surface area contributed by atoms with Crippen LogP contribution in [0, 0.1) is 12.8 Å². The van der Waals surface area contributed by atoms with Crippen molar-refractivity contribution in [1.29, 1.82) is 0 Å². The first-order valence-corrected chi connectivity index (χ1v) is 10.8. The lowest BCUT2D eigenvalue weighted by atomic mass is 10.2. The molecule has 0 radical (unpaired) electrons. The quantitative estimate of drug-likeness (QED) is 0.616. The van der Waals surface area contributed by atoms with Crippen molar-refractivity contribution in [1.82, 2.24) is 10.0 Å². The second-order valence-corrected chi connectivity index (χ2v) is 8.85. The van der Waals surface area contributed by atoms with Crippen molar-refractivity contribution in [2.75, 3.05) is 20.3 Å². The van der Waals surface area contributed by atoms with E-state index in [1.807, 2.05) is 38.1 Å². The molecule has 0 saturated carbocycles. The van der Waals surface area contributed by atoms with E-state index in [-0.39, 0.29) is 23.3 Å². The number of carbonyl (C=O) groups is 1. The maximum atomic E-state index is 12.3. The molecular formula is C21H28N2O5S. The summed E-state index contributed by atoms with van der Waals surface area (Å²) in [6, 6.07) is 12.0. The van der Waals surface area contributed by atoms with Crippen LogP contribution in [0.4, 0.5) is 0 Å². The summed E-state index contributed by atoms with van der Waals surface area (Å²) in [5.41, 5.74) is 1.58. The Morgan fingerprint density at radius 2 is 1.79 bits per heavy atom. The first kappa shape index (κ1) is 22.7. The number of sulfonamides is 1. The summed E-state index contributed by atoms with van der Waals surface area (Å²) in [5, 5.41) is 2.78. The van der Waals surface area contributed by atoms with E-state index in [1.165, 1.54) is 12.1 Å². The van der Waals surface area contributed by atoms with Crippen LogP contribution in [0.3, 0.4) is 0 Å². The standard InChI is InChI=1S/C21H28N2O5S/c1-15(2)12-23-29(25,26)19-9-10-20(16(3)11-19)28-14-21(24)22-13-17-5-7-18(27-4)8-6-17/h5-11,15,23H,12-14H2,1-4H3,(H,22,24). The van der Waals surface area contributed by atoms with Gasteiger partial charge in [-0.2, -0.15) is 0 Å². The van der Waals surface area contributed by atoms with Crippen LogP contribution in [0.5, 0.6) is 11.5 Å². The highest BCUT2D eigenvalue weighted by molar-refractivity contribution is 7.89. The Labute approximate surface area is 172 Å². The van der Waals surface area contributed by atoms with Crippen molar-refractivity contribution in [2.45, 2.75) is 32.2 Å². The molecule has 0 atom stereocenters. The SMILES string of the molecule is COc1ccc(CNC(=O)COc2ccc(S(=O)(=O)NCC(C)C)cc2C)cc1. The summed E-state index contributed by atoms with van der Waals surface area (Å²) in [6.45, 7) is 6.20. The lowest BCUT2D eigenvalue weighted by molar-refractivity contribution is -0.123. The fourth-order valence-corrected chi connectivity index (χ4v) is 3.75. The number of benzene rings is 2. The third-order valence-corrected chi connectivity index (χ3v) is 5.57. The molecule has 2 aromatic rings. The summed E-state index contributed by atoms with van der Waals surface area (Å²) in [5.74, 6) is 1.16. The van der Waals surface area contributed by atoms with Crippen molar-refractivity contribution < 1.29 is 22.7 Å². The summed E-state index contributed by atoms with van der Waals surface area (Å²) in [4.78, 5) is 12.2. The van der Waals surface area contributed by atoms with Crippen molar-refractivity contribution in [2.24, 2.45) is 5.92 Å². The lowest BCUT2D eigenvalue weighted by Gasteiger charge is -2.13. The van der Waals surface area contributed by atoms with Gasteiger partial charge in [-0.25, -0.2) is 13.1 Å². The second kappa shape index (κ2) is 10.3. The molecule has 2 rings (SSSR count). The summed E-state index contributed by atoms with van der Waals surface area (Å²) < 4.78 is 37.8. The Hall–Kier alpha value is -2.58. The second-order valence-electron chi connectivity index (χ2n) is 7.09. The zero-order valence-electron chi connectivity index (χ0n) is 17.2. The number of carbonyl (C=O) groups excluding carboxylic acids is 1. The molecule has 0 saturated heterocycles. The first-order valence-electron chi connectivity index (χ1n) is 9.34. The fourth-order valence-electron chi connectivity index (χ4n) is 2.45. The topological polar surface area (TPSA) is 93.7 Å². The molecule has 0 spiro atoms. The van der Waals surface area contributed by atoms with E-state index in [9.17, 15) is 13.2 Å². The maximum absolute atomic E-state index is 12.3. The predicted molar refractivity (Wildman–Crippen MR) is 112 cm³/mol. The van der Waals surface area contributed by atoms with Gasteiger partial charge in [0.05, 0.1) is 12.0 Å². The van der Waals surface area contributed by atoms with Gasteiger partial charge in [0.25, 0.3) is 5.91 Å². The van der Waals surface area contributed by atoms with E-state index in [1.54, 1.807) is 20.1 Å². The third kappa shape index (κ3) is 7.07. The summed E-state index contributed by atoms with van der Waals surface area (Å²) >= 11 is 0. The summed E-state index contributed by atoms with van der Waals surface area (Å²) in [7, 11) is -1.97. The minimum atomic E-state index is -3.56. The van der Waals surface area contributed by atoms with Crippen LogP contribution in [0.2, 0.25) is 0 Å². The molecule has 0 aliphatic rings. The highest BCUT2D eigenvalue weighted by Crippen LogP contribution is 2.22. The molecule has 2 aromatic carbocycles. The van der Waals surface area contributed by atoms with E-state index in [4.69, 9.17) is 9.47 Å². The minimum Gasteiger partial charge on any atom is -0.497 e. The zero-order valence-corrected chi connectivity index (χ0v) is 18.0. The molecule has 0 heterocycles. The molecule has 158 valence electrons. The maximum Gasteiger partial charge on any atom is 0.258 e. The number of hydrogen-bond acceptors (Lipinski definition) is 5. The number of nitrogens with one attached hydrogen (secondary N) is 2. The Bertz CT molecular complexity index is 925. The van der Waals surface area contributed by atoms with E-state index in [0.29, 0.717) is 24.4 Å². The molecular weight excluding hydrogens is 392 g/mol. The number of aryl methyl sites for hydroxylation is 1. The highest BCUT2D eigenvalue weighted by atomic mass is 32.2. The van der Waals surface area contributed by atoms with Gasteiger partial charge in [0.2, 0.25) is 10.0 Å². The van der Waals surface area contributed by atoms with Crippen molar-refractivity contribution in [3.63, 3.8) is 0 Å². The Morgan fingerprint density at radius 1 is 1.10 bits per heavy atom. The van der Waals surface area contributed by atoms with Gasteiger partial charge in [0, 0.05) is 13.1 Å². The molecule has 0 bridgehead atoms. The number of rotatable bonds is 10. The molecule has 0 aliphatic carbocycles. The van der Waals surface area contributed by atoms with Crippen LogP contribution < -0.4 is 19.5 Å². The summed E-state index contributed by atoms with van der Waals surface area (Å²) in [6.07, 6.45) is 0. The van der Waals surface area contributed by atoms with Crippen LogP contribution in [0.1, 0.15) is 25.0 Å². The minimum absolute atomic E-state index is 0.158. The van der Waals surface area contributed by atoms with Gasteiger partial charge < -0.3 is 14.8 Å². The van der Waals surface area contributed by atoms with Gasteiger partial charge in [-0.3, -0.25) is 4.79 Å². The molecule has 0 fully saturated rings. The highest BCUT2D eigenvalue weighted by Gasteiger charge is 2.16. The molecule has 0 aliphatic heterocycles. The Balaban J connectivity index is 1.88. The van der Waals surface area contributed by atoms with Gasteiger partial charge in [0.15, 0.2) is 6.61 Å². The molecule has 1 amide bonds. The van der Waals surface area contributed by atoms with Crippen molar-refractivity contribution in [3.05, 3.63) is 53.6 Å². The van der Waals surface area contributed by atoms with E-state index < -0.39 is 10.0 Å². The lowest BCUT2D eigenvalue weighted by Crippen LogP contribution is -2.28. The predicted octanol–water partition coefficient (Wildman–Crippen LogP) is 2.63. The smallest absolute Gasteiger partial charge is 0.258 e. The number of amides is 1. The van der Waals surface area contributed by atoms with Crippen LogP contribution in [0.15, 0.2) is 47.4 Å². The van der Waals surface area contributed by atoms with E-state index >= 15 is 0 Å². The fraction of sp³-hybridized carbons (Fsp3) is 0.381. The molecule has 0 aromatic heterocycles. The Kier molecular flexibility index (Phi) is 8.04. The van der Waals surface area contributed by atoms with E-state index in [0.717, 1.165) is 11.3 Å². The molecule has 7 nitrogen and oxygen atoms in total. The van der Waals surface area contributed by atoms with Crippen molar-refractivity contribution >= 4 is 15.9 Å². The third-order valence-electron chi connectivity index (χ3n) is 4.15. The molecule has 29 heavy (non-hydrogen) atoms. The van der Waals surface area contributed by atoms with E-state index in [2.05, 4.69) is 10.0 Å². The van der Waals surface area contributed by atoms with Gasteiger partial charge in [0.1, 0.15) is 11.5 Å². The number of ether oxygens (including phenoxy) is 2. The van der Waals surface area contributed by atoms with Gasteiger partial charge >= 0.3 is 0 Å². The monoisotopic (exact) mass is 420 g/mol. The van der Waals surface area contributed by atoms with Crippen molar-refractivity contribution in [3.8, 4) is 11.5 Å². The van der Waals surface area contributed by atoms with Crippen LogP contribution in [-0.2, 0) is 21.4 Å². The van der Waals surface area contributed by atoms with Gasteiger partial charge in [-0.05, 0) is 54.3 Å².